The van der Waals surface area contributed by atoms with E-state index < -0.39 is 58.7 Å². The minimum absolute atomic E-state index is 0.00851. The summed E-state index contributed by atoms with van der Waals surface area (Å²) in [6, 6.07) is 6.74. The summed E-state index contributed by atoms with van der Waals surface area (Å²) in [4.78, 5) is 35.1. The summed E-state index contributed by atoms with van der Waals surface area (Å²) < 4.78 is 102. The number of guanidine groups is 1. The van der Waals surface area contributed by atoms with Gasteiger partial charge in [0.25, 0.3) is 0 Å². The van der Waals surface area contributed by atoms with E-state index in [1.54, 1.807) is 41.5 Å². The van der Waals surface area contributed by atoms with E-state index >= 15 is 0 Å². The molecule has 1 N–H and O–H groups in total. The van der Waals surface area contributed by atoms with Crippen LogP contribution < -0.4 is 10.1 Å². The molecule has 1 aliphatic heterocycles. The van der Waals surface area contributed by atoms with Gasteiger partial charge in [-0.15, -0.1) is 4.99 Å². The van der Waals surface area contributed by atoms with Crippen LogP contribution in [0, 0.1) is 0 Å². The number of benzene rings is 2. The molecular formula is C33H37F6N5O6. The number of carbonyl (C=O) groups is 2. The normalized spacial score (nSPS) is 16.0. The zero-order valence-corrected chi connectivity index (χ0v) is 28.2. The van der Waals surface area contributed by atoms with Crippen molar-refractivity contribution in [1.29, 1.82) is 0 Å². The van der Waals surface area contributed by atoms with Crippen molar-refractivity contribution in [3.05, 3.63) is 65.0 Å². The molecule has 1 atom stereocenters. The molecule has 50 heavy (non-hydrogen) atoms. The smallest absolute Gasteiger partial charge is 0.437 e. The van der Waals surface area contributed by atoms with E-state index in [1.807, 2.05) is 0 Å². The number of alkyl halides is 6. The lowest BCUT2D eigenvalue weighted by molar-refractivity contribution is -0.139. The lowest BCUT2D eigenvalue weighted by Gasteiger charge is -2.27. The summed E-state index contributed by atoms with van der Waals surface area (Å²) >= 11 is 0. The fraction of sp³-hybridized carbons (Fsp3) is 0.485. The van der Waals surface area contributed by atoms with Crippen LogP contribution >= 0.6 is 0 Å². The van der Waals surface area contributed by atoms with Gasteiger partial charge in [-0.05, 0) is 90.3 Å². The van der Waals surface area contributed by atoms with Gasteiger partial charge in [0.2, 0.25) is 17.7 Å². The zero-order chi connectivity index (χ0) is 37.1. The fourth-order valence-corrected chi connectivity index (χ4v) is 4.85. The van der Waals surface area contributed by atoms with Crippen molar-refractivity contribution >= 4 is 18.1 Å². The number of hydrogen-bond acceptors (Lipinski definition) is 8. The third-order valence-electron chi connectivity index (χ3n) is 6.93. The summed E-state index contributed by atoms with van der Waals surface area (Å²) in [5.74, 6) is -0.867. The van der Waals surface area contributed by atoms with E-state index in [-0.39, 0.29) is 42.8 Å². The average Bonchev–Trinajstić information content (AvgIpc) is 3.65. The topological polar surface area (TPSA) is 128 Å². The molecule has 0 spiro atoms. The Morgan fingerprint density at radius 3 is 2.20 bits per heavy atom. The van der Waals surface area contributed by atoms with E-state index in [1.165, 1.54) is 23.1 Å². The third kappa shape index (κ3) is 10.6. The van der Waals surface area contributed by atoms with Gasteiger partial charge in [-0.25, -0.2) is 9.59 Å². The quantitative estimate of drug-likeness (QED) is 0.152. The molecule has 1 fully saturated rings. The first-order chi connectivity index (χ1) is 23.1. The highest BCUT2D eigenvalue weighted by atomic mass is 19.4. The van der Waals surface area contributed by atoms with Crippen LogP contribution in [0.5, 0.6) is 5.75 Å². The summed E-state index contributed by atoms with van der Waals surface area (Å²) in [5, 5.41) is 6.35. The van der Waals surface area contributed by atoms with Gasteiger partial charge in [0.05, 0.1) is 17.7 Å². The van der Waals surface area contributed by atoms with Crippen molar-refractivity contribution in [2.45, 2.75) is 90.4 Å². The number of likely N-dealkylation sites (tertiary alicyclic amines) is 1. The van der Waals surface area contributed by atoms with Gasteiger partial charge in [-0.2, -0.15) is 31.3 Å². The molecule has 3 aromatic rings. The van der Waals surface area contributed by atoms with E-state index in [4.69, 9.17) is 18.7 Å². The van der Waals surface area contributed by atoms with Gasteiger partial charge in [0.1, 0.15) is 23.0 Å². The number of aliphatic imine (C=N–C) groups is 1. The van der Waals surface area contributed by atoms with E-state index in [9.17, 15) is 35.9 Å². The molecule has 4 rings (SSSR count). The molecule has 17 heteroatoms. The Morgan fingerprint density at radius 2 is 1.60 bits per heavy atom. The summed E-state index contributed by atoms with van der Waals surface area (Å²) in [6.07, 6.45) is -10.2. The maximum Gasteiger partial charge on any atom is 0.437 e. The number of nitrogens with one attached hydrogen (secondary N) is 1. The van der Waals surface area contributed by atoms with Gasteiger partial charge in [-0.3, -0.25) is 5.32 Å². The van der Waals surface area contributed by atoms with Crippen molar-refractivity contribution in [3.8, 4) is 17.1 Å². The molecule has 0 saturated carbocycles. The first-order valence-electron chi connectivity index (χ1n) is 15.5. The Balaban J connectivity index is 1.54. The molecule has 1 aromatic heterocycles. The van der Waals surface area contributed by atoms with Gasteiger partial charge in [0, 0.05) is 18.5 Å². The Bertz CT molecular complexity index is 1690. The van der Waals surface area contributed by atoms with E-state index in [0.29, 0.717) is 18.4 Å². The Kier molecular flexibility index (Phi) is 11.1. The lowest BCUT2D eigenvalue weighted by atomic mass is 10.1. The fourth-order valence-electron chi connectivity index (χ4n) is 4.85. The number of carbonyl (C=O) groups excluding carboxylic acids is 2. The minimum atomic E-state index is -4.84. The minimum Gasteiger partial charge on any atom is -0.493 e. The molecule has 2 amide bonds. The second-order valence-corrected chi connectivity index (χ2v) is 13.4. The van der Waals surface area contributed by atoms with Crippen molar-refractivity contribution in [1.82, 2.24) is 20.4 Å². The van der Waals surface area contributed by atoms with Gasteiger partial charge < -0.3 is 23.6 Å². The Morgan fingerprint density at radius 1 is 0.940 bits per heavy atom. The van der Waals surface area contributed by atoms with Crippen LogP contribution in [0.2, 0.25) is 0 Å². The summed E-state index contributed by atoms with van der Waals surface area (Å²) in [6.45, 7) is 9.95. The predicted molar refractivity (Wildman–Crippen MR) is 167 cm³/mol. The highest BCUT2D eigenvalue weighted by molar-refractivity contribution is 5.99. The number of ether oxygens (including phenoxy) is 3. The highest BCUT2D eigenvalue weighted by Crippen LogP contribution is 2.39. The van der Waals surface area contributed by atoms with Gasteiger partial charge in [-0.1, -0.05) is 17.3 Å². The van der Waals surface area contributed by atoms with Crippen LogP contribution in [-0.4, -0.2) is 57.5 Å². The highest BCUT2D eigenvalue weighted by Gasteiger charge is 2.37. The standard InChI is InChI=1S/C33H37F6N5O6/c1-30(2,3)48-28(45)41-27(42-29(46)49-31(4,5)6)44-16-7-8-23(44)26-40-25(43-50-26)20-11-14-24(22(18-20)33(37,38)39)47-17-15-19-9-12-21(13-10-19)32(34,35)36/h9-14,18,23H,7-8,15-17H2,1-6H3,(H,41,42,45,46). The monoisotopic (exact) mass is 713 g/mol. The molecule has 272 valence electrons. The molecule has 0 radical (unpaired) electrons. The summed E-state index contributed by atoms with van der Waals surface area (Å²) in [5.41, 5.74) is -3.30. The van der Waals surface area contributed by atoms with Crippen LogP contribution in [0.25, 0.3) is 11.4 Å². The second-order valence-electron chi connectivity index (χ2n) is 13.4. The predicted octanol–water partition coefficient (Wildman–Crippen LogP) is 8.35. The zero-order valence-electron chi connectivity index (χ0n) is 28.2. The first-order valence-corrected chi connectivity index (χ1v) is 15.5. The van der Waals surface area contributed by atoms with Gasteiger partial charge in [0.15, 0.2) is 0 Å². The Labute approximate surface area is 284 Å². The number of hydrogen-bond donors (Lipinski definition) is 1. The average molecular weight is 714 g/mol. The van der Waals surface area contributed by atoms with Crippen LogP contribution in [0.1, 0.15) is 83.0 Å². The molecule has 11 nitrogen and oxygen atoms in total. The van der Waals surface area contributed by atoms with Crippen molar-refractivity contribution in [2.24, 2.45) is 4.99 Å². The molecule has 0 aliphatic carbocycles. The SMILES string of the molecule is CC(C)(C)OC(=O)N=C(NC(=O)OC(C)(C)C)N1CCCC1c1nc(-c2ccc(OCCc3ccc(C(F)(F)F)cc3)c(C(F)(F)F)c2)no1. The van der Waals surface area contributed by atoms with Crippen molar-refractivity contribution in [3.63, 3.8) is 0 Å². The second kappa shape index (κ2) is 14.6. The van der Waals surface area contributed by atoms with Crippen LogP contribution in [0.4, 0.5) is 35.9 Å². The lowest BCUT2D eigenvalue weighted by Crippen LogP contribution is -2.46. The molecule has 2 heterocycles. The number of amides is 2. The van der Waals surface area contributed by atoms with Gasteiger partial charge >= 0.3 is 24.5 Å². The van der Waals surface area contributed by atoms with Crippen molar-refractivity contribution in [2.75, 3.05) is 13.2 Å². The number of aromatic nitrogens is 2. The van der Waals surface area contributed by atoms with Crippen molar-refractivity contribution < 1.29 is 54.7 Å². The number of nitrogens with zero attached hydrogens (tertiary/aromatic N) is 4. The summed E-state index contributed by atoms with van der Waals surface area (Å²) in [7, 11) is 0. The molecule has 1 saturated heterocycles. The third-order valence-corrected chi connectivity index (χ3v) is 6.93. The Hall–Kier alpha value is -4.83. The number of halogens is 6. The van der Waals surface area contributed by atoms with Crippen LogP contribution in [-0.2, 0) is 28.2 Å². The molecule has 1 aliphatic rings. The molecule has 0 bridgehead atoms. The molecular weight excluding hydrogens is 676 g/mol. The maximum atomic E-state index is 14.1. The maximum absolute atomic E-state index is 14.1. The first kappa shape index (κ1) is 38.0. The number of rotatable bonds is 6. The van der Waals surface area contributed by atoms with E-state index in [2.05, 4.69) is 20.4 Å². The number of alkyl carbamates (subject to hydrolysis) is 1. The van der Waals surface area contributed by atoms with E-state index in [0.717, 1.165) is 24.3 Å². The largest absolute Gasteiger partial charge is 0.493 e. The molecule has 1 unspecified atom stereocenters. The molecule has 2 aromatic carbocycles. The van der Waals surface area contributed by atoms with Crippen LogP contribution in [0.3, 0.4) is 0 Å². The van der Waals surface area contributed by atoms with Crippen LogP contribution in [0.15, 0.2) is 52.0 Å².